The van der Waals surface area contributed by atoms with Crippen molar-refractivity contribution in [1.82, 2.24) is 30.1 Å². The molecule has 2 fully saturated rings. The van der Waals surface area contributed by atoms with Gasteiger partial charge in [0.15, 0.2) is 0 Å². The van der Waals surface area contributed by atoms with E-state index in [2.05, 4.69) is 25.5 Å². The van der Waals surface area contributed by atoms with Gasteiger partial charge in [0.1, 0.15) is 27.7 Å². The van der Waals surface area contributed by atoms with Crippen LogP contribution in [0.4, 0.5) is 10.2 Å². The van der Waals surface area contributed by atoms with Crippen LogP contribution in [0.25, 0.3) is 33.3 Å². The fourth-order valence-electron chi connectivity index (χ4n) is 5.68. The lowest BCUT2D eigenvalue weighted by atomic mass is 10.0. The Kier molecular flexibility index (Phi) is 4.10. The first kappa shape index (κ1) is 19.9. The predicted octanol–water partition coefficient (Wildman–Crippen LogP) is 3.43. The van der Waals surface area contributed by atoms with Crippen molar-refractivity contribution < 1.29 is 4.39 Å². The molecule has 8 nitrogen and oxygen atoms in total. The Hall–Kier alpha value is -3.50. The van der Waals surface area contributed by atoms with Crippen LogP contribution in [0.2, 0.25) is 0 Å². The minimum absolute atomic E-state index is 0.00410. The van der Waals surface area contributed by atoms with Crippen LogP contribution in [0.5, 0.6) is 0 Å². The van der Waals surface area contributed by atoms with Crippen LogP contribution in [0.1, 0.15) is 10.7 Å². The number of nitrogens with one attached hydrogen (secondary N) is 1. The summed E-state index contributed by atoms with van der Waals surface area (Å²) in [5.41, 5.74) is 10.3. The molecule has 3 N–H and O–H groups in total. The molecule has 4 aromatic heterocycles. The second-order valence-electron chi connectivity index (χ2n) is 9.15. The van der Waals surface area contributed by atoms with Gasteiger partial charge in [0.25, 0.3) is 0 Å². The summed E-state index contributed by atoms with van der Waals surface area (Å²) in [5.74, 6) is 1.41. The number of hydrogen-bond acceptors (Lipinski definition) is 8. The molecule has 7 rings (SSSR count). The zero-order valence-electron chi connectivity index (χ0n) is 18.4. The highest BCUT2D eigenvalue weighted by atomic mass is 32.1. The smallest absolute Gasteiger partial charge is 0.202 e. The van der Waals surface area contributed by atoms with E-state index in [-0.39, 0.29) is 11.2 Å². The van der Waals surface area contributed by atoms with Crippen LogP contribution in [0, 0.1) is 24.6 Å². The number of hydrogen-bond donors (Lipinski definition) is 2. The molecule has 0 bridgehead atoms. The lowest BCUT2D eigenvalue weighted by Gasteiger charge is -2.25. The first-order chi connectivity index (χ1) is 16.6. The number of aryl methyl sites for hydroxylation is 1. The Morgan fingerprint density at radius 2 is 2.03 bits per heavy atom. The van der Waals surface area contributed by atoms with Crippen LogP contribution < -0.4 is 10.6 Å². The zero-order valence-corrected chi connectivity index (χ0v) is 19.2. The van der Waals surface area contributed by atoms with E-state index in [4.69, 9.17) is 20.7 Å². The fourth-order valence-corrected chi connectivity index (χ4v) is 6.82. The third kappa shape index (κ3) is 2.63. The maximum absolute atomic E-state index is 14.2. The molecule has 2 aliphatic rings. The van der Waals surface area contributed by atoms with Crippen molar-refractivity contribution in [3.8, 4) is 11.3 Å². The van der Waals surface area contributed by atoms with Gasteiger partial charge in [-0.2, -0.15) is 5.10 Å². The Labute approximate surface area is 198 Å². The molecule has 1 aliphatic carbocycles. The molecule has 1 saturated carbocycles. The normalized spacial score (nSPS) is 23.7. The summed E-state index contributed by atoms with van der Waals surface area (Å²) in [4.78, 5) is 20.7. The van der Waals surface area contributed by atoms with Gasteiger partial charge in [-0.3, -0.25) is 10.1 Å². The largest absolute Gasteiger partial charge is 0.355 e. The summed E-state index contributed by atoms with van der Waals surface area (Å²) in [7, 11) is 0. The van der Waals surface area contributed by atoms with E-state index in [1.54, 1.807) is 29.8 Å². The molecule has 0 spiro atoms. The summed E-state index contributed by atoms with van der Waals surface area (Å²) in [6.45, 7) is 4.42. The van der Waals surface area contributed by atoms with Crippen molar-refractivity contribution in [2.75, 3.05) is 24.5 Å². The molecular formula is C24H21FN8S. The van der Waals surface area contributed by atoms with Crippen molar-refractivity contribution in [3.05, 3.63) is 58.6 Å². The second kappa shape index (κ2) is 7.00. The Bertz CT molecular complexity index is 1560. The van der Waals surface area contributed by atoms with E-state index in [1.165, 1.54) is 11.1 Å². The quantitative estimate of drug-likeness (QED) is 0.412. The van der Waals surface area contributed by atoms with Crippen molar-refractivity contribution in [2.45, 2.75) is 12.3 Å². The van der Waals surface area contributed by atoms with Crippen molar-refractivity contribution in [3.63, 3.8) is 0 Å². The van der Waals surface area contributed by atoms with Gasteiger partial charge >= 0.3 is 0 Å². The molecule has 34 heavy (non-hydrogen) atoms. The topological polar surface area (TPSA) is 110 Å². The SMILES string of the molecule is Cc1csc(C2(CN)[C@@H]3CN(c4cnc5c(-c6ccnc7c(F)cccc67)[nH]nc5n4)C[C@@H]32)n1. The van der Waals surface area contributed by atoms with E-state index in [1.807, 2.05) is 19.1 Å². The van der Waals surface area contributed by atoms with Crippen LogP contribution >= 0.6 is 11.3 Å². The fraction of sp³-hybridized carbons (Fsp3) is 0.292. The molecule has 10 heteroatoms. The van der Waals surface area contributed by atoms with Crippen molar-refractivity contribution >= 4 is 39.2 Å². The van der Waals surface area contributed by atoms with E-state index >= 15 is 0 Å². The Balaban J connectivity index is 1.20. The lowest BCUT2D eigenvalue weighted by molar-refractivity contribution is 0.549. The highest BCUT2D eigenvalue weighted by Crippen LogP contribution is 2.63. The van der Waals surface area contributed by atoms with Crippen LogP contribution in [-0.4, -0.2) is 49.8 Å². The molecule has 1 unspecified atom stereocenters. The molecular weight excluding hydrogens is 451 g/mol. The van der Waals surface area contributed by atoms with Crippen LogP contribution in [0.3, 0.4) is 0 Å². The Morgan fingerprint density at radius 3 is 2.79 bits per heavy atom. The van der Waals surface area contributed by atoms with Gasteiger partial charge < -0.3 is 10.6 Å². The van der Waals surface area contributed by atoms with Crippen molar-refractivity contribution in [1.29, 1.82) is 0 Å². The number of benzene rings is 1. The van der Waals surface area contributed by atoms with E-state index in [0.717, 1.165) is 30.2 Å². The standard InChI is InChI=1S/C24H21FN8S/c1-12-10-34-23(29-12)24(11-26)15-8-33(9-16(15)24)18-7-28-21-20(31-32-22(21)30-18)14-5-6-27-19-13(14)3-2-4-17(19)25/h2-7,10,15-16H,8-9,11,26H2,1H3,(H,30,31,32)/t15-,16+,24?. The minimum Gasteiger partial charge on any atom is -0.355 e. The number of aromatic amines is 1. The van der Waals surface area contributed by atoms with E-state index < -0.39 is 0 Å². The number of thiazole rings is 1. The molecule has 1 aliphatic heterocycles. The second-order valence-corrected chi connectivity index (χ2v) is 10.0. The van der Waals surface area contributed by atoms with Gasteiger partial charge in [0.05, 0.1) is 11.9 Å². The molecule has 3 atom stereocenters. The van der Waals surface area contributed by atoms with Crippen molar-refractivity contribution in [2.24, 2.45) is 17.6 Å². The monoisotopic (exact) mass is 472 g/mol. The Morgan fingerprint density at radius 1 is 1.18 bits per heavy atom. The summed E-state index contributed by atoms with van der Waals surface area (Å²) in [5, 5.41) is 11.4. The molecule has 170 valence electrons. The van der Waals surface area contributed by atoms with Gasteiger partial charge in [-0.1, -0.05) is 12.1 Å². The van der Waals surface area contributed by atoms with E-state index in [0.29, 0.717) is 46.1 Å². The zero-order chi connectivity index (χ0) is 23.0. The third-order valence-electron chi connectivity index (χ3n) is 7.46. The summed E-state index contributed by atoms with van der Waals surface area (Å²) in [6.07, 6.45) is 3.40. The molecule has 0 amide bonds. The number of nitrogens with zero attached hydrogens (tertiary/aromatic N) is 6. The third-order valence-corrected chi connectivity index (χ3v) is 8.61. The number of rotatable bonds is 4. The minimum atomic E-state index is -0.356. The van der Waals surface area contributed by atoms with Gasteiger partial charge in [-0.15, -0.1) is 11.3 Å². The maximum Gasteiger partial charge on any atom is 0.202 e. The van der Waals surface area contributed by atoms with Crippen LogP contribution in [-0.2, 0) is 5.41 Å². The van der Waals surface area contributed by atoms with Gasteiger partial charge in [-0.25, -0.2) is 19.3 Å². The number of H-pyrrole nitrogens is 1. The summed E-state index contributed by atoms with van der Waals surface area (Å²) < 4.78 is 14.2. The number of fused-ring (bicyclic) bond motifs is 3. The molecule has 1 aromatic carbocycles. The molecule has 1 saturated heterocycles. The van der Waals surface area contributed by atoms with Gasteiger partial charge in [-0.05, 0) is 30.9 Å². The average molecular weight is 473 g/mol. The number of para-hydroxylation sites is 1. The number of halogens is 1. The van der Waals surface area contributed by atoms with Gasteiger partial charge in [0, 0.05) is 53.3 Å². The average Bonchev–Trinajstić information content (AvgIpc) is 3.34. The number of piperidine rings is 1. The van der Waals surface area contributed by atoms with Crippen LogP contribution in [0.15, 0.2) is 42.0 Å². The first-order valence-corrected chi connectivity index (χ1v) is 12.1. The first-order valence-electron chi connectivity index (χ1n) is 11.2. The summed E-state index contributed by atoms with van der Waals surface area (Å²) >= 11 is 1.72. The number of pyridine rings is 1. The molecule has 5 heterocycles. The lowest BCUT2D eigenvalue weighted by Crippen LogP contribution is -2.35. The molecule has 5 aromatic rings. The number of nitrogens with two attached hydrogens (primary N) is 1. The van der Waals surface area contributed by atoms with Gasteiger partial charge in [0.2, 0.25) is 5.65 Å². The highest BCUT2D eigenvalue weighted by molar-refractivity contribution is 7.09. The van der Waals surface area contributed by atoms with E-state index in [9.17, 15) is 4.39 Å². The number of aromatic nitrogens is 6. The predicted molar refractivity (Wildman–Crippen MR) is 129 cm³/mol. The maximum atomic E-state index is 14.2. The highest BCUT2D eigenvalue weighted by Gasteiger charge is 2.69. The summed E-state index contributed by atoms with van der Waals surface area (Å²) in [6, 6.07) is 6.77. The number of anilines is 1. The molecule has 0 radical (unpaired) electrons.